The number of fused-ring (bicyclic) bond motifs is 1. The van der Waals surface area contributed by atoms with E-state index in [0.29, 0.717) is 12.3 Å². The first-order valence-corrected chi connectivity index (χ1v) is 10.0. The monoisotopic (exact) mass is 407 g/mol. The number of rotatable bonds is 6. The lowest BCUT2D eigenvalue weighted by atomic mass is 10.1. The van der Waals surface area contributed by atoms with E-state index in [1.54, 1.807) is 19.5 Å². The minimum absolute atomic E-state index is 0.651. The standard InChI is InChI=1S/C25H21N5O/c1-31-20-10-18(13-26-16-20)17-11-24(23-8-4-5-9-27-23)30-25(12-17)29-15-19-14-28-22-7-3-2-6-21(19)22/h2-14,16,28H,15H2,1H3,(H,29,30). The maximum absolute atomic E-state index is 5.35. The zero-order valence-electron chi connectivity index (χ0n) is 17.0. The fourth-order valence-corrected chi connectivity index (χ4v) is 3.59. The number of benzene rings is 1. The van der Waals surface area contributed by atoms with Crippen LogP contribution in [0, 0.1) is 0 Å². The fourth-order valence-electron chi connectivity index (χ4n) is 3.59. The SMILES string of the molecule is COc1cncc(-c2cc(NCc3c[nH]c4ccccc34)nc(-c3ccccn3)c2)c1. The predicted octanol–water partition coefficient (Wildman–Crippen LogP) is 5.31. The highest BCUT2D eigenvalue weighted by Crippen LogP contribution is 2.29. The number of hydrogen-bond donors (Lipinski definition) is 2. The van der Waals surface area contributed by atoms with Crippen LogP contribution < -0.4 is 10.1 Å². The second-order valence-corrected chi connectivity index (χ2v) is 7.17. The van der Waals surface area contributed by atoms with Crippen LogP contribution in [0.15, 0.2) is 85.5 Å². The van der Waals surface area contributed by atoms with E-state index >= 15 is 0 Å². The maximum atomic E-state index is 5.35. The van der Waals surface area contributed by atoms with Crippen molar-refractivity contribution in [2.75, 3.05) is 12.4 Å². The Balaban J connectivity index is 1.52. The molecule has 31 heavy (non-hydrogen) atoms. The Bertz CT molecular complexity index is 1330. The quantitative estimate of drug-likeness (QED) is 0.399. The summed E-state index contributed by atoms with van der Waals surface area (Å²) in [5, 5.41) is 4.68. The molecule has 5 aromatic rings. The number of para-hydroxylation sites is 1. The minimum atomic E-state index is 0.651. The van der Waals surface area contributed by atoms with Gasteiger partial charge in [0.05, 0.1) is 24.7 Å². The van der Waals surface area contributed by atoms with E-state index in [1.807, 2.05) is 60.9 Å². The number of pyridine rings is 3. The molecule has 0 bridgehead atoms. The average Bonchev–Trinajstić information content (AvgIpc) is 3.26. The van der Waals surface area contributed by atoms with Crippen LogP contribution in [-0.4, -0.2) is 27.0 Å². The Hall–Kier alpha value is -4.19. The number of nitrogens with one attached hydrogen (secondary N) is 2. The van der Waals surface area contributed by atoms with Gasteiger partial charge in [0.15, 0.2) is 0 Å². The van der Waals surface area contributed by atoms with Crippen molar-refractivity contribution in [3.8, 4) is 28.3 Å². The van der Waals surface area contributed by atoms with Gasteiger partial charge in [0.1, 0.15) is 11.6 Å². The zero-order valence-corrected chi connectivity index (χ0v) is 17.0. The van der Waals surface area contributed by atoms with Crippen LogP contribution in [0.5, 0.6) is 5.75 Å². The highest BCUT2D eigenvalue weighted by Gasteiger charge is 2.10. The molecule has 5 rings (SSSR count). The summed E-state index contributed by atoms with van der Waals surface area (Å²) in [7, 11) is 1.64. The van der Waals surface area contributed by atoms with Crippen LogP contribution in [-0.2, 0) is 6.54 Å². The summed E-state index contributed by atoms with van der Waals surface area (Å²) in [5.74, 6) is 1.48. The average molecular weight is 407 g/mol. The normalized spacial score (nSPS) is 10.9. The van der Waals surface area contributed by atoms with Crippen molar-refractivity contribution in [1.82, 2.24) is 19.9 Å². The third kappa shape index (κ3) is 3.96. The first kappa shape index (κ1) is 18.8. The third-order valence-corrected chi connectivity index (χ3v) is 5.17. The zero-order chi connectivity index (χ0) is 21.0. The molecule has 152 valence electrons. The molecule has 6 heteroatoms. The van der Waals surface area contributed by atoms with Crippen LogP contribution in [0.3, 0.4) is 0 Å². The molecule has 0 unspecified atom stereocenters. The van der Waals surface area contributed by atoms with Gasteiger partial charge in [-0.2, -0.15) is 0 Å². The minimum Gasteiger partial charge on any atom is -0.495 e. The van der Waals surface area contributed by atoms with Crippen LogP contribution in [0.4, 0.5) is 5.82 Å². The van der Waals surface area contributed by atoms with Gasteiger partial charge in [-0.15, -0.1) is 0 Å². The molecule has 0 atom stereocenters. The number of anilines is 1. The fraction of sp³-hybridized carbons (Fsp3) is 0.0800. The Morgan fingerprint density at radius 3 is 2.71 bits per heavy atom. The summed E-state index contributed by atoms with van der Waals surface area (Å²) in [6, 6.07) is 20.1. The lowest BCUT2D eigenvalue weighted by Gasteiger charge is -2.11. The van der Waals surface area contributed by atoms with Crippen molar-refractivity contribution in [2.24, 2.45) is 0 Å². The lowest BCUT2D eigenvalue weighted by Crippen LogP contribution is -2.02. The summed E-state index contributed by atoms with van der Waals surface area (Å²) in [6.45, 7) is 0.651. The Kier molecular flexibility index (Phi) is 5.02. The van der Waals surface area contributed by atoms with E-state index in [-0.39, 0.29) is 0 Å². The summed E-state index contributed by atoms with van der Waals surface area (Å²) in [5.41, 5.74) is 5.86. The summed E-state index contributed by atoms with van der Waals surface area (Å²) in [6.07, 6.45) is 7.33. The molecule has 0 aliphatic heterocycles. The van der Waals surface area contributed by atoms with E-state index in [9.17, 15) is 0 Å². The molecular formula is C25H21N5O. The topological polar surface area (TPSA) is 75.7 Å². The molecule has 0 radical (unpaired) electrons. The van der Waals surface area contributed by atoms with E-state index < -0.39 is 0 Å². The summed E-state index contributed by atoms with van der Waals surface area (Å²) < 4.78 is 5.35. The first-order valence-electron chi connectivity index (χ1n) is 10.0. The number of aromatic nitrogens is 4. The van der Waals surface area contributed by atoms with E-state index in [0.717, 1.165) is 33.8 Å². The summed E-state index contributed by atoms with van der Waals surface area (Å²) >= 11 is 0. The van der Waals surface area contributed by atoms with E-state index in [1.165, 1.54) is 10.9 Å². The van der Waals surface area contributed by atoms with Crippen molar-refractivity contribution < 1.29 is 4.74 Å². The van der Waals surface area contributed by atoms with Crippen LogP contribution in [0.2, 0.25) is 0 Å². The molecule has 0 fully saturated rings. The molecule has 0 amide bonds. The first-order chi connectivity index (χ1) is 15.3. The number of hydrogen-bond acceptors (Lipinski definition) is 5. The van der Waals surface area contributed by atoms with Gasteiger partial charge in [0.25, 0.3) is 0 Å². The van der Waals surface area contributed by atoms with Gasteiger partial charge in [-0.3, -0.25) is 9.97 Å². The molecule has 0 spiro atoms. The van der Waals surface area contributed by atoms with Crippen LogP contribution >= 0.6 is 0 Å². The van der Waals surface area contributed by atoms with Crippen molar-refractivity contribution >= 4 is 16.7 Å². The second-order valence-electron chi connectivity index (χ2n) is 7.17. The Labute approximate surface area is 180 Å². The van der Waals surface area contributed by atoms with Gasteiger partial charge >= 0.3 is 0 Å². The van der Waals surface area contributed by atoms with Gasteiger partial charge in [0, 0.05) is 41.6 Å². The molecule has 4 heterocycles. The molecule has 4 aromatic heterocycles. The Morgan fingerprint density at radius 1 is 0.935 bits per heavy atom. The lowest BCUT2D eigenvalue weighted by molar-refractivity contribution is 0.413. The van der Waals surface area contributed by atoms with Gasteiger partial charge in [0.2, 0.25) is 0 Å². The molecule has 6 nitrogen and oxygen atoms in total. The summed E-state index contributed by atoms with van der Waals surface area (Å²) in [4.78, 5) is 16.9. The van der Waals surface area contributed by atoms with Crippen molar-refractivity contribution in [1.29, 1.82) is 0 Å². The number of ether oxygens (including phenoxy) is 1. The highest BCUT2D eigenvalue weighted by atomic mass is 16.5. The third-order valence-electron chi connectivity index (χ3n) is 5.17. The van der Waals surface area contributed by atoms with Crippen molar-refractivity contribution in [3.05, 3.63) is 91.0 Å². The van der Waals surface area contributed by atoms with Gasteiger partial charge in [-0.1, -0.05) is 24.3 Å². The number of H-pyrrole nitrogens is 1. The van der Waals surface area contributed by atoms with Gasteiger partial charge in [-0.05, 0) is 47.5 Å². The van der Waals surface area contributed by atoms with Gasteiger partial charge < -0.3 is 15.0 Å². The molecule has 0 aliphatic rings. The molecular weight excluding hydrogens is 386 g/mol. The smallest absolute Gasteiger partial charge is 0.137 e. The Morgan fingerprint density at radius 2 is 1.84 bits per heavy atom. The van der Waals surface area contributed by atoms with Gasteiger partial charge in [-0.25, -0.2) is 4.98 Å². The predicted molar refractivity (Wildman–Crippen MR) is 123 cm³/mol. The molecule has 2 N–H and O–H groups in total. The molecule has 1 aromatic carbocycles. The molecule has 0 aliphatic carbocycles. The number of methoxy groups -OCH3 is 1. The van der Waals surface area contributed by atoms with E-state index in [2.05, 4.69) is 32.4 Å². The van der Waals surface area contributed by atoms with Crippen molar-refractivity contribution in [2.45, 2.75) is 6.54 Å². The van der Waals surface area contributed by atoms with Crippen LogP contribution in [0.1, 0.15) is 5.56 Å². The van der Waals surface area contributed by atoms with E-state index in [4.69, 9.17) is 9.72 Å². The highest BCUT2D eigenvalue weighted by molar-refractivity contribution is 5.83. The molecule has 0 saturated carbocycles. The molecule has 0 saturated heterocycles. The number of aromatic amines is 1. The van der Waals surface area contributed by atoms with Crippen LogP contribution in [0.25, 0.3) is 33.4 Å². The largest absolute Gasteiger partial charge is 0.495 e. The maximum Gasteiger partial charge on any atom is 0.137 e. The van der Waals surface area contributed by atoms with Crippen molar-refractivity contribution in [3.63, 3.8) is 0 Å². The second kappa shape index (κ2) is 8.28. The number of nitrogens with zero attached hydrogens (tertiary/aromatic N) is 3.